The molecule has 0 amide bonds. The molecule has 2 aliphatic rings. The Kier molecular flexibility index (Phi) is 2.93. The first-order chi connectivity index (χ1) is 8.27. The van der Waals surface area contributed by atoms with Gasteiger partial charge in [0.25, 0.3) is 0 Å². The number of rotatable bonds is 1. The molecule has 0 unspecified atom stereocenters. The molecule has 3 rings (SSSR count). The lowest BCUT2D eigenvalue weighted by Crippen LogP contribution is -2.52. The van der Waals surface area contributed by atoms with E-state index in [1.165, 1.54) is 31.2 Å². The zero-order chi connectivity index (χ0) is 11.7. The van der Waals surface area contributed by atoms with Gasteiger partial charge in [0.1, 0.15) is 0 Å². The highest BCUT2D eigenvalue weighted by molar-refractivity contribution is 5.21. The predicted octanol–water partition coefficient (Wildman–Crippen LogP) is 2.78. The van der Waals surface area contributed by atoms with Gasteiger partial charge in [0.05, 0.1) is 6.10 Å². The molecular weight excluding hydrogens is 210 g/mol. The van der Waals surface area contributed by atoms with E-state index < -0.39 is 0 Å². The third kappa shape index (κ3) is 2.24. The van der Waals surface area contributed by atoms with Gasteiger partial charge in [0, 0.05) is 11.6 Å². The van der Waals surface area contributed by atoms with Gasteiger partial charge in [-0.2, -0.15) is 0 Å². The summed E-state index contributed by atoms with van der Waals surface area (Å²) in [6.07, 6.45) is 6.73. The molecule has 0 bridgehead atoms. The lowest BCUT2D eigenvalue weighted by molar-refractivity contribution is 0.0547. The lowest BCUT2D eigenvalue weighted by atomic mass is 9.81. The van der Waals surface area contributed by atoms with Crippen molar-refractivity contribution < 1.29 is 5.11 Å². The molecule has 2 heteroatoms. The van der Waals surface area contributed by atoms with E-state index >= 15 is 0 Å². The molecular formula is C15H21NO. The minimum absolute atomic E-state index is 0.139. The Bertz CT molecular complexity index is 370. The van der Waals surface area contributed by atoms with Gasteiger partial charge in [0.15, 0.2) is 0 Å². The van der Waals surface area contributed by atoms with E-state index in [-0.39, 0.29) is 11.6 Å². The predicted molar refractivity (Wildman–Crippen MR) is 68.8 cm³/mol. The van der Waals surface area contributed by atoms with Crippen molar-refractivity contribution in [3.8, 4) is 0 Å². The number of aliphatic hydroxyl groups is 1. The van der Waals surface area contributed by atoms with Crippen molar-refractivity contribution in [3.63, 3.8) is 0 Å². The summed E-state index contributed by atoms with van der Waals surface area (Å²) in [5.74, 6) is 0. The van der Waals surface area contributed by atoms with Crippen LogP contribution in [0.15, 0.2) is 30.3 Å². The van der Waals surface area contributed by atoms with E-state index in [4.69, 9.17) is 0 Å². The Balaban J connectivity index is 1.82. The highest BCUT2D eigenvalue weighted by Gasteiger charge is 2.41. The van der Waals surface area contributed by atoms with Gasteiger partial charge >= 0.3 is 0 Å². The number of hydrogen-bond donors (Lipinski definition) is 2. The molecule has 1 aliphatic heterocycles. The second-order valence-corrected chi connectivity index (χ2v) is 5.69. The molecule has 1 spiro atoms. The van der Waals surface area contributed by atoms with Crippen LogP contribution in [0.25, 0.3) is 0 Å². The van der Waals surface area contributed by atoms with Crippen LogP contribution >= 0.6 is 0 Å². The zero-order valence-corrected chi connectivity index (χ0v) is 10.2. The van der Waals surface area contributed by atoms with Crippen molar-refractivity contribution in [1.29, 1.82) is 0 Å². The monoisotopic (exact) mass is 231 g/mol. The Labute approximate surface area is 103 Å². The first kappa shape index (κ1) is 11.2. The summed E-state index contributed by atoms with van der Waals surface area (Å²) in [4.78, 5) is 0. The molecule has 1 saturated heterocycles. The smallest absolute Gasteiger partial charge is 0.0576 e. The third-order valence-corrected chi connectivity index (χ3v) is 4.38. The quantitative estimate of drug-likeness (QED) is 0.779. The Hall–Kier alpha value is -0.860. The summed E-state index contributed by atoms with van der Waals surface area (Å²) in [6.45, 7) is 0. The van der Waals surface area contributed by atoms with Crippen LogP contribution < -0.4 is 5.32 Å². The fraction of sp³-hybridized carbons (Fsp3) is 0.600. The minimum atomic E-state index is -0.139. The molecule has 1 heterocycles. The topological polar surface area (TPSA) is 32.3 Å². The fourth-order valence-corrected chi connectivity index (χ4v) is 3.60. The lowest BCUT2D eigenvalue weighted by Gasteiger charge is -2.42. The van der Waals surface area contributed by atoms with Crippen molar-refractivity contribution in [1.82, 2.24) is 5.32 Å². The first-order valence-corrected chi connectivity index (χ1v) is 6.78. The standard InChI is InChI=1S/C15H21NO/c17-13-10-14(12-6-2-1-3-7-12)16-15(11-13)8-4-5-9-15/h1-3,6-7,13-14,16-17H,4-5,8-11H2/t13-,14+/m1/s1. The van der Waals surface area contributed by atoms with Crippen LogP contribution in [0, 0.1) is 0 Å². The van der Waals surface area contributed by atoms with Gasteiger partial charge in [0.2, 0.25) is 0 Å². The molecule has 1 saturated carbocycles. The second kappa shape index (κ2) is 4.43. The van der Waals surface area contributed by atoms with E-state index in [0.29, 0.717) is 6.04 Å². The SMILES string of the molecule is O[C@@H]1C[C@@H](c2ccccc2)NC2(CCCC2)C1. The van der Waals surface area contributed by atoms with Gasteiger partial charge in [-0.05, 0) is 31.2 Å². The number of benzene rings is 1. The van der Waals surface area contributed by atoms with E-state index in [2.05, 4.69) is 29.6 Å². The van der Waals surface area contributed by atoms with Crippen molar-refractivity contribution in [2.75, 3.05) is 0 Å². The zero-order valence-electron chi connectivity index (χ0n) is 10.2. The third-order valence-electron chi connectivity index (χ3n) is 4.38. The van der Waals surface area contributed by atoms with E-state index in [0.717, 1.165) is 12.8 Å². The molecule has 1 aromatic rings. The average Bonchev–Trinajstić information content (AvgIpc) is 2.77. The fourth-order valence-electron chi connectivity index (χ4n) is 3.60. The van der Waals surface area contributed by atoms with Crippen LogP contribution in [0.5, 0.6) is 0 Å². The molecule has 17 heavy (non-hydrogen) atoms. The van der Waals surface area contributed by atoms with Crippen LogP contribution in [0.1, 0.15) is 50.1 Å². The molecule has 2 N–H and O–H groups in total. The summed E-state index contributed by atoms with van der Waals surface area (Å²) in [5, 5.41) is 13.9. The van der Waals surface area contributed by atoms with E-state index in [9.17, 15) is 5.11 Å². The normalized spacial score (nSPS) is 31.8. The van der Waals surface area contributed by atoms with E-state index in [1.54, 1.807) is 0 Å². The summed E-state index contributed by atoms with van der Waals surface area (Å²) in [5.41, 5.74) is 1.54. The Morgan fingerprint density at radius 3 is 2.53 bits per heavy atom. The maximum atomic E-state index is 10.1. The highest BCUT2D eigenvalue weighted by atomic mass is 16.3. The molecule has 0 radical (unpaired) electrons. The van der Waals surface area contributed by atoms with Crippen molar-refractivity contribution in [2.45, 2.75) is 56.2 Å². The van der Waals surface area contributed by atoms with Gasteiger partial charge in [-0.1, -0.05) is 43.2 Å². The van der Waals surface area contributed by atoms with Gasteiger partial charge in [-0.25, -0.2) is 0 Å². The molecule has 0 aromatic heterocycles. The second-order valence-electron chi connectivity index (χ2n) is 5.69. The summed E-state index contributed by atoms with van der Waals surface area (Å²) in [6, 6.07) is 10.9. The van der Waals surface area contributed by atoms with Crippen LogP contribution in [0.3, 0.4) is 0 Å². The van der Waals surface area contributed by atoms with Crippen LogP contribution in [-0.2, 0) is 0 Å². The largest absolute Gasteiger partial charge is 0.393 e. The highest BCUT2D eigenvalue weighted by Crippen LogP contribution is 2.41. The van der Waals surface area contributed by atoms with Crippen molar-refractivity contribution >= 4 is 0 Å². The van der Waals surface area contributed by atoms with Crippen LogP contribution in [-0.4, -0.2) is 16.7 Å². The molecule has 2 fully saturated rings. The average molecular weight is 231 g/mol. The molecule has 1 aromatic carbocycles. The van der Waals surface area contributed by atoms with E-state index in [1.807, 2.05) is 6.07 Å². The van der Waals surface area contributed by atoms with Crippen molar-refractivity contribution in [3.05, 3.63) is 35.9 Å². The molecule has 2 atom stereocenters. The van der Waals surface area contributed by atoms with Crippen molar-refractivity contribution in [2.24, 2.45) is 0 Å². The summed E-state index contributed by atoms with van der Waals surface area (Å²) >= 11 is 0. The van der Waals surface area contributed by atoms with Crippen LogP contribution in [0.2, 0.25) is 0 Å². The number of nitrogens with one attached hydrogen (secondary N) is 1. The maximum absolute atomic E-state index is 10.1. The summed E-state index contributed by atoms with van der Waals surface area (Å²) < 4.78 is 0. The maximum Gasteiger partial charge on any atom is 0.0576 e. The first-order valence-electron chi connectivity index (χ1n) is 6.78. The van der Waals surface area contributed by atoms with Gasteiger partial charge in [-0.15, -0.1) is 0 Å². The number of aliphatic hydroxyl groups excluding tert-OH is 1. The van der Waals surface area contributed by atoms with Gasteiger partial charge in [-0.3, -0.25) is 0 Å². The number of piperidine rings is 1. The minimum Gasteiger partial charge on any atom is -0.393 e. The number of hydrogen-bond acceptors (Lipinski definition) is 2. The Morgan fingerprint density at radius 1 is 1.12 bits per heavy atom. The molecule has 92 valence electrons. The summed E-state index contributed by atoms with van der Waals surface area (Å²) in [7, 11) is 0. The van der Waals surface area contributed by atoms with Gasteiger partial charge < -0.3 is 10.4 Å². The molecule has 1 aliphatic carbocycles. The Morgan fingerprint density at radius 2 is 1.82 bits per heavy atom. The molecule has 2 nitrogen and oxygen atoms in total. The van der Waals surface area contributed by atoms with Crippen LogP contribution in [0.4, 0.5) is 0 Å².